The van der Waals surface area contributed by atoms with E-state index in [1.807, 2.05) is 13.8 Å². The number of nitrogens with zero attached hydrogens (tertiary/aromatic N) is 1. The summed E-state index contributed by atoms with van der Waals surface area (Å²) < 4.78 is 19.0. The molecular weight excluding hydrogens is 335 g/mol. The van der Waals surface area contributed by atoms with Crippen LogP contribution in [0, 0.1) is 5.82 Å². The predicted octanol–water partition coefficient (Wildman–Crippen LogP) is 3.33. The fraction of sp³-hybridized carbons (Fsp3) is 0.300. The molecule has 26 heavy (non-hydrogen) atoms. The van der Waals surface area contributed by atoms with E-state index in [1.54, 1.807) is 29.2 Å². The summed E-state index contributed by atoms with van der Waals surface area (Å²) in [4.78, 5) is 27.1. The summed E-state index contributed by atoms with van der Waals surface area (Å²) in [6, 6.07) is 12.2. The zero-order chi connectivity index (χ0) is 18.7. The molecule has 0 unspecified atom stereocenters. The van der Waals surface area contributed by atoms with Crippen LogP contribution in [0.4, 0.5) is 10.1 Å². The molecule has 0 saturated carbocycles. The second-order valence-electron chi connectivity index (χ2n) is 6.48. The Hall–Kier alpha value is -2.73. The molecule has 0 bridgehead atoms. The first-order valence-corrected chi connectivity index (χ1v) is 8.54. The summed E-state index contributed by atoms with van der Waals surface area (Å²) in [5, 5.41) is 2.71. The van der Waals surface area contributed by atoms with Crippen molar-refractivity contribution in [2.45, 2.75) is 26.1 Å². The first-order chi connectivity index (χ1) is 12.4. The molecule has 2 amide bonds. The van der Waals surface area contributed by atoms with Crippen molar-refractivity contribution in [2.75, 3.05) is 18.4 Å². The Morgan fingerprint density at radius 1 is 1.08 bits per heavy atom. The summed E-state index contributed by atoms with van der Waals surface area (Å²) in [6.07, 6.45) is -0.0894. The summed E-state index contributed by atoms with van der Waals surface area (Å²) in [7, 11) is 0. The number of ether oxygens (including phenoxy) is 1. The SMILES string of the molecule is C[C@H]1CN(C(=O)c2ccccc2NC(=O)c2cccc(F)c2)C[C@H](C)O1. The number of anilines is 1. The maximum Gasteiger partial charge on any atom is 0.256 e. The molecule has 2 atom stereocenters. The van der Waals surface area contributed by atoms with Gasteiger partial charge in [-0.3, -0.25) is 9.59 Å². The fourth-order valence-electron chi connectivity index (χ4n) is 3.12. The average molecular weight is 356 g/mol. The molecule has 2 aromatic rings. The van der Waals surface area contributed by atoms with Crippen LogP contribution in [0.2, 0.25) is 0 Å². The summed E-state index contributed by atoms with van der Waals surface area (Å²) >= 11 is 0. The lowest BCUT2D eigenvalue weighted by Crippen LogP contribution is -2.48. The first kappa shape index (κ1) is 18.1. The first-order valence-electron chi connectivity index (χ1n) is 8.54. The smallest absolute Gasteiger partial charge is 0.256 e. The van der Waals surface area contributed by atoms with E-state index >= 15 is 0 Å². The second kappa shape index (κ2) is 7.66. The standard InChI is InChI=1S/C20H21FN2O3/c1-13-11-23(12-14(2)26-13)20(25)17-8-3-4-9-18(17)22-19(24)15-6-5-7-16(21)10-15/h3-10,13-14H,11-12H2,1-2H3,(H,22,24)/t13-,14-/m0/s1. The topological polar surface area (TPSA) is 58.6 Å². The fourth-order valence-corrected chi connectivity index (χ4v) is 3.12. The summed E-state index contributed by atoms with van der Waals surface area (Å²) in [5.41, 5.74) is 0.998. The summed E-state index contributed by atoms with van der Waals surface area (Å²) in [5.74, 6) is -1.12. The van der Waals surface area contributed by atoms with E-state index < -0.39 is 11.7 Å². The monoisotopic (exact) mass is 356 g/mol. The molecule has 3 rings (SSSR count). The number of nitrogens with one attached hydrogen (secondary N) is 1. The van der Waals surface area contributed by atoms with E-state index in [4.69, 9.17) is 4.74 Å². The highest BCUT2D eigenvalue weighted by atomic mass is 19.1. The third-order valence-corrected chi connectivity index (χ3v) is 4.20. The molecule has 1 aliphatic heterocycles. The number of benzene rings is 2. The quantitative estimate of drug-likeness (QED) is 0.918. The zero-order valence-corrected chi connectivity index (χ0v) is 14.7. The van der Waals surface area contributed by atoms with Gasteiger partial charge in [-0.1, -0.05) is 18.2 Å². The molecule has 0 aromatic heterocycles. The number of hydrogen-bond acceptors (Lipinski definition) is 3. The molecule has 1 N–H and O–H groups in total. The molecule has 5 nitrogen and oxygen atoms in total. The van der Waals surface area contributed by atoms with Gasteiger partial charge in [-0.15, -0.1) is 0 Å². The van der Waals surface area contributed by atoms with Crippen molar-refractivity contribution in [1.29, 1.82) is 0 Å². The normalized spacial score (nSPS) is 19.9. The molecule has 1 fully saturated rings. The predicted molar refractivity (Wildman–Crippen MR) is 96.7 cm³/mol. The van der Waals surface area contributed by atoms with Crippen molar-refractivity contribution in [3.63, 3.8) is 0 Å². The van der Waals surface area contributed by atoms with Gasteiger partial charge >= 0.3 is 0 Å². The Kier molecular flexibility index (Phi) is 5.32. The number of carbonyl (C=O) groups excluding carboxylic acids is 2. The van der Waals surface area contributed by atoms with Crippen LogP contribution in [-0.4, -0.2) is 42.0 Å². The van der Waals surface area contributed by atoms with E-state index in [9.17, 15) is 14.0 Å². The molecule has 6 heteroatoms. The van der Waals surface area contributed by atoms with E-state index in [2.05, 4.69) is 5.32 Å². The minimum atomic E-state index is -0.488. The Bertz CT molecular complexity index is 814. The van der Waals surface area contributed by atoms with E-state index in [0.717, 1.165) is 6.07 Å². The molecule has 136 valence electrons. The van der Waals surface area contributed by atoms with Crippen LogP contribution in [0.15, 0.2) is 48.5 Å². The molecule has 1 saturated heterocycles. The van der Waals surface area contributed by atoms with Crippen molar-refractivity contribution in [3.05, 3.63) is 65.5 Å². The van der Waals surface area contributed by atoms with E-state index in [0.29, 0.717) is 24.3 Å². The Morgan fingerprint density at radius 2 is 1.77 bits per heavy atom. The van der Waals surface area contributed by atoms with Gasteiger partial charge in [0.1, 0.15) is 5.82 Å². The van der Waals surface area contributed by atoms with Crippen molar-refractivity contribution in [3.8, 4) is 0 Å². The Labute approximate surface area is 151 Å². The Morgan fingerprint density at radius 3 is 2.46 bits per heavy atom. The van der Waals surface area contributed by atoms with Gasteiger partial charge in [0.15, 0.2) is 0 Å². The number of hydrogen-bond donors (Lipinski definition) is 1. The highest BCUT2D eigenvalue weighted by Gasteiger charge is 2.28. The van der Waals surface area contributed by atoms with Gasteiger partial charge in [0.2, 0.25) is 0 Å². The lowest BCUT2D eigenvalue weighted by atomic mass is 10.1. The molecule has 0 aliphatic carbocycles. The number of amides is 2. The number of rotatable bonds is 3. The van der Waals surface area contributed by atoms with Crippen LogP contribution in [-0.2, 0) is 4.74 Å². The van der Waals surface area contributed by atoms with Crippen molar-refractivity contribution in [2.24, 2.45) is 0 Å². The average Bonchev–Trinajstić information content (AvgIpc) is 2.61. The van der Waals surface area contributed by atoms with E-state index in [1.165, 1.54) is 18.2 Å². The zero-order valence-electron chi connectivity index (χ0n) is 14.7. The van der Waals surface area contributed by atoms with Crippen LogP contribution >= 0.6 is 0 Å². The minimum Gasteiger partial charge on any atom is -0.372 e. The van der Waals surface area contributed by atoms with Crippen molar-refractivity contribution in [1.82, 2.24) is 4.90 Å². The van der Waals surface area contributed by atoms with Gasteiger partial charge in [0.05, 0.1) is 23.5 Å². The van der Waals surface area contributed by atoms with Gasteiger partial charge in [0.25, 0.3) is 11.8 Å². The van der Waals surface area contributed by atoms with Crippen LogP contribution in [0.25, 0.3) is 0 Å². The maximum atomic E-state index is 13.3. The van der Waals surface area contributed by atoms with Crippen molar-refractivity contribution < 1.29 is 18.7 Å². The third kappa shape index (κ3) is 4.08. The molecule has 2 aromatic carbocycles. The number of morpholine rings is 1. The van der Waals surface area contributed by atoms with Gasteiger partial charge in [-0.05, 0) is 44.2 Å². The lowest BCUT2D eigenvalue weighted by Gasteiger charge is -2.35. The number of carbonyl (C=O) groups is 2. The van der Waals surface area contributed by atoms with Gasteiger partial charge in [0, 0.05) is 18.7 Å². The molecule has 1 heterocycles. The van der Waals surface area contributed by atoms with Gasteiger partial charge in [-0.25, -0.2) is 4.39 Å². The molecule has 0 radical (unpaired) electrons. The molecular formula is C20H21FN2O3. The summed E-state index contributed by atoms with van der Waals surface area (Å²) in [6.45, 7) is 4.84. The number of para-hydroxylation sites is 1. The van der Waals surface area contributed by atoms with Crippen LogP contribution < -0.4 is 5.32 Å². The van der Waals surface area contributed by atoms with Crippen LogP contribution in [0.3, 0.4) is 0 Å². The largest absolute Gasteiger partial charge is 0.372 e. The van der Waals surface area contributed by atoms with Crippen LogP contribution in [0.1, 0.15) is 34.6 Å². The van der Waals surface area contributed by atoms with Gasteiger partial charge < -0.3 is 15.0 Å². The minimum absolute atomic E-state index is 0.0447. The highest BCUT2D eigenvalue weighted by Crippen LogP contribution is 2.21. The molecule has 1 aliphatic rings. The third-order valence-electron chi connectivity index (χ3n) is 4.20. The number of halogens is 1. The highest BCUT2D eigenvalue weighted by molar-refractivity contribution is 6.09. The Balaban J connectivity index is 1.82. The van der Waals surface area contributed by atoms with Crippen LogP contribution in [0.5, 0.6) is 0 Å². The lowest BCUT2D eigenvalue weighted by molar-refractivity contribution is -0.0585. The maximum absolute atomic E-state index is 13.3. The molecule has 0 spiro atoms. The second-order valence-corrected chi connectivity index (χ2v) is 6.48. The van der Waals surface area contributed by atoms with Gasteiger partial charge in [-0.2, -0.15) is 0 Å². The van der Waals surface area contributed by atoms with E-state index in [-0.39, 0.29) is 23.7 Å². The van der Waals surface area contributed by atoms with Crippen molar-refractivity contribution >= 4 is 17.5 Å².